The fourth-order valence-corrected chi connectivity index (χ4v) is 4.36. The molecule has 136 valence electrons. The van der Waals surface area contributed by atoms with Gasteiger partial charge in [0.1, 0.15) is 12.1 Å². The number of amides is 1. The van der Waals surface area contributed by atoms with Gasteiger partial charge in [-0.25, -0.2) is 9.97 Å². The zero-order valence-electron chi connectivity index (χ0n) is 15.4. The third-order valence-electron chi connectivity index (χ3n) is 6.05. The maximum absolute atomic E-state index is 11.7. The van der Waals surface area contributed by atoms with E-state index in [0.717, 1.165) is 44.0 Å². The van der Waals surface area contributed by atoms with Crippen LogP contribution in [0, 0.1) is 6.92 Å². The van der Waals surface area contributed by atoms with E-state index in [0.29, 0.717) is 24.0 Å². The molecule has 3 aliphatic rings. The minimum absolute atomic E-state index is 0.305. The highest BCUT2D eigenvalue weighted by atomic mass is 16.2. The van der Waals surface area contributed by atoms with E-state index in [1.54, 1.807) is 6.33 Å². The lowest BCUT2D eigenvalue weighted by Crippen LogP contribution is -2.49. The summed E-state index contributed by atoms with van der Waals surface area (Å²) in [6.07, 6.45) is 8.39. The number of aryl methyl sites for hydroxylation is 1. The van der Waals surface area contributed by atoms with Gasteiger partial charge in [0.25, 0.3) is 0 Å². The summed E-state index contributed by atoms with van der Waals surface area (Å²) in [6, 6.07) is 3.79. The summed E-state index contributed by atoms with van der Waals surface area (Å²) in [7, 11) is 1.96. The Hall–Kier alpha value is -1.69. The molecule has 3 heterocycles. The number of nitrogens with zero attached hydrogens (tertiary/aromatic N) is 5. The maximum atomic E-state index is 11.7. The molecule has 0 N–H and O–H groups in total. The summed E-state index contributed by atoms with van der Waals surface area (Å²) in [4.78, 5) is 27.6. The Morgan fingerprint density at radius 3 is 2.44 bits per heavy atom. The zero-order valence-corrected chi connectivity index (χ0v) is 15.4. The summed E-state index contributed by atoms with van der Waals surface area (Å²) in [5.74, 6) is 1.41. The van der Waals surface area contributed by atoms with Crippen LogP contribution in [0.3, 0.4) is 0 Å². The largest absolute Gasteiger partial charge is 0.350 e. The molecule has 4 rings (SSSR count). The van der Waals surface area contributed by atoms with Gasteiger partial charge in [-0.05, 0) is 39.0 Å². The first-order valence-corrected chi connectivity index (χ1v) is 9.67. The van der Waals surface area contributed by atoms with E-state index in [2.05, 4.69) is 25.8 Å². The standard InChI is InChI=1S/C19H29N5O/c1-14-11-18(21-13-20-14)24(15-3-4-15)16-7-9-23(10-8-16)12-17-5-6-19(25)22(17)2/h11,13,15-17H,3-10,12H2,1-2H3. The molecule has 1 aromatic rings. The average Bonchev–Trinajstić information content (AvgIpc) is 3.39. The average molecular weight is 343 g/mol. The van der Waals surface area contributed by atoms with Gasteiger partial charge in [0.15, 0.2) is 0 Å². The number of piperidine rings is 1. The topological polar surface area (TPSA) is 52.6 Å². The monoisotopic (exact) mass is 343 g/mol. The number of anilines is 1. The fourth-order valence-electron chi connectivity index (χ4n) is 4.36. The van der Waals surface area contributed by atoms with Crippen LogP contribution in [0.4, 0.5) is 5.82 Å². The van der Waals surface area contributed by atoms with Gasteiger partial charge < -0.3 is 14.7 Å². The van der Waals surface area contributed by atoms with Crippen molar-refractivity contribution >= 4 is 11.7 Å². The third kappa shape index (κ3) is 3.64. The maximum Gasteiger partial charge on any atom is 0.222 e. The van der Waals surface area contributed by atoms with Crippen molar-refractivity contribution in [1.29, 1.82) is 0 Å². The first-order valence-electron chi connectivity index (χ1n) is 9.67. The van der Waals surface area contributed by atoms with E-state index in [4.69, 9.17) is 0 Å². The second-order valence-electron chi connectivity index (χ2n) is 7.88. The number of carbonyl (C=O) groups excluding carboxylic acids is 1. The summed E-state index contributed by atoms with van der Waals surface area (Å²) >= 11 is 0. The van der Waals surface area contributed by atoms with Crippen LogP contribution in [0.15, 0.2) is 12.4 Å². The summed E-state index contributed by atoms with van der Waals surface area (Å²) in [5, 5.41) is 0. The first kappa shape index (κ1) is 16.8. The SMILES string of the molecule is Cc1cc(N(C2CC2)C2CCN(CC3CCC(=O)N3C)CC2)ncn1. The Labute approximate surface area is 150 Å². The number of likely N-dealkylation sites (tertiary alicyclic amines) is 2. The van der Waals surface area contributed by atoms with E-state index in [9.17, 15) is 4.79 Å². The molecular weight excluding hydrogens is 314 g/mol. The Balaban J connectivity index is 1.36. The molecule has 3 fully saturated rings. The van der Waals surface area contributed by atoms with Gasteiger partial charge >= 0.3 is 0 Å². The van der Waals surface area contributed by atoms with E-state index in [1.807, 2.05) is 18.9 Å². The third-order valence-corrected chi connectivity index (χ3v) is 6.05. The van der Waals surface area contributed by atoms with Gasteiger partial charge in [0, 0.05) is 63.0 Å². The quantitative estimate of drug-likeness (QED) is 0.816. The molecule has 6 heteroatoms. The van der Waals surface area contributed by atoms with Crippen molar-refractivity contribution < 1.29 is 4.79 Å². The van der Waals surface area contributed by atoms with Crippen LogP contribution < -0.4 is 4.90 Å². The summed E-state index contributed by atoms with van der Waals surface area (Å²) < 4.78 is 0. The van der Waals surface area contributed by atoms with Crippen LogP contribution in [0.2, 0.25) is 0 Å². The molecule has 1 saturated carbocycles. The molecule has 1 unspecified atom stereocenters. The smallest absolute Gasteiger partial charge is 0.222 e. The predicted octanol–water partition coefficient (Wildman–Crippen LogP) is 1.84. The lowest BCUT2D eigenvalue weighted by Gasteiger charge is -2.40. The lowest BCUT2D eigenvalue weighted by molar-refractivity contribution is -0.127. The van der Waals surface area contributed by atoms with Crippen LogP contribution in [0.1, 0.15) is 44.2 Å². The molecular formula is C19H29N5O. The molecule has 25 heavy (non-hydrogen) atoms. The normalized spacial score (nSPS) is 25.6. The van der Waals surface area contributed by atoms with Crippen molar-refractivity contribution in [2.24, 2.45) is 0 Å². The van der Waals surface area contributed by atoms with Crippen molar-refractivity contribution in [3.05, 3.63) is 18.1 Å². The lowest BCUT2D eigenvalue weighted by atomic mass is 10.0. The first-order chi connectivity index (χ1) is 12.1. The number of rotatable bonds is 5. The van der Waals surface area contributed by atoms with Gasteiger partial charge in [-0.3, -0.25) is 4.79 Å². The Morgan fingerprint density at radius 2 is 1.84 bits per heavy atom. The van der Waals surface area contributed by atoms with Gasteiger partial charge in [-0.15, -0.1) is 0 Å². The van der Waals surface area contributed by atoms with Crippen molar-refractivity contribution in [3.8, 4) is 0 Å². The molecule has 1 amide bonds. The van der Waals surface area contributed by atoms with E-state index < -0.39 is 0 Å². The minimum atomic E-state index is 0.305. The van der Waals surface area contributed by atoms with Crippen molar-refractivity contribution in [2.45, 2.75) is 63.6 Å². The van der Waals surface area contributed by atoms with Crippen molar-refractivity contribution in [1.82, 2.24) is 19.8 Å². The van der Waals surface area contributed by atoms with Crippen LogP contribution in [-0.4, -0.2) is 70.5 Å². The molecule has 0 bridgehead atoms. The Morgan fingerprint density at radius 1 is 1.12 bits per heavy atom. The molecule has 1 atom stereocenters. The molecule has 0 radical (unpaired) electrons. The van der Waals surface area contributed by atoms with Gasteiger partial charge in [0.05, 0.1) is 0 Å². The van der Waals surface area contributed by atoms with Gasteiger partial charge in [0.2, 0.25) is 5.91 Å². The molecule has 1 aliphatic carbocycles. The second-order valence-corrected chi connectivity index (χ2v) is 7.88. The molecule has 1 aromatic heterocycles. The minimum Gasteiger partial charge on any atom is -0.350 e. The number of likely N-dealkylation sites (N-methyl/N-ethyl adjacent to an activating group) is 1. The van der Waals surface area contributed by atoms with E-state index in [-0.39, 0.29) is 0 Å². The van der Waals surface area contributed by atoms with Crippen LogP contribution in [-0.2, 0) is 4.79 Å². The number of hydrogen-bond donors (Lipinski definition) is 0. The molecule has 0 spiro atoms. The molecule has 2 saturated heterocycles. The van der Waals surface area contributed by atoms with Crippen LogP contribution >= 0.6 is 0 Å². The zero-order chi connectivity index (χ0) is 17.4. The highest BCUT2D eigenvalue weighted by Crippen LogP contribution is 2.35. The van der Waals surface area contributed by atoms with Crippen molar-refractivity contribution in [3.63, 3.8) is 0 Å². The number of aromatic nitrogens is 2. The molecule has 2 aliphatic heterocycles. The summed E-state index contributed by atoms with van der Waals surface area (Å²) in [6.45, 7) is 5.32. The number of carbonyl (C=O) groups is 1. The fraction of sp³-hybridized carbons (Fsp3) is 0.737. The van der Waals surface area contributed by atoms with E-state index >= 15 is 0 Å². The van der Waals surface area contributed by atoms with Gasteiger partial charge in [-0.2, -0.15) is 0 Å². The van der Waals surface area contributed by atoms with Crippen LogP contribution in [0.25, 0.3) is 0 Å². The Bertz CT molecular complexity index is 624. The van der Waals surface area contributed by atoms with E-state index in [1.165, 1.54) is 25.7 Å². The molecule has 0 aromatic carbocycles. The summed E-state index contributed by atoms with van der Waals surface area (Å²) in [5.41, 5.74) is 1.04. The molecule has 6 nitrogen and oxygen atoms in total. The highest BCUT2D eigenvalue weighted by molar-refractivity contribution is 5.78. The highest BCUT2D eigenvalue weighted by Gasteiger charge is 2.37. The second kappa shape index (κ2) is 6.90. The Kier molecular flexibility index (Phi) is 4.63. The number of hydrogen-bond acceptors (Lipinski definition) is 5. The predicted molar refractivity (Wildman–Crippen MR) is 97.5 cm³/mol. The van der Waals surface area contributed by atoms with Crippen molar-refractivity contribution in [2.75, 3.05) is 31.6 Å². The van der Waals surface area contributed by atoms with Gasteiger partial charge in [-0.1, -0.05) is 0 Å². The van der Waals surface area contributed by atoms with Crippen LogP contribution in [0.5, 0.6) is 0 Å².